The molecule has 0 aromatic rings. The number of esters is 2. The lowest BCUT2D eigenvalue weighted by Crippen LogP contribution is -2.29. The van der Waals surface area contributed by atoms with Gasteiger partial charge in [0.05, 0.1) is 39.6 Å². The summed E-state index contributed by atoms with van der Waals surface area (Å²) in [6.45, 7) is 11.2. The van der Waals surface area contributed by atoms with Crippen LogP contribution in [0.25, 0.3) is 0 Å². The van der Waals surface area contributed by atoms with Crippen LogP contribution in [-0.4, -0.2) is 82.3 Å². The summed E-state index contributed by atoms with van der Waals surface area (Å²) in [5.74, 6) is -1.05. The molecule has 0 aliphatic carbocycles. The Bertz CT molecular complexity index is 420. The molecule has 0 saturated carbocycles. The molecule has 1 atom stereocenters. The molecule has 1 unspecified atom stereocenters. The number of aliphatic hydroxyl groups is 1. The van der Waals surface area contributed by atoms with Crippen molar-refractivity contribution >= 4 is 11.9 Å². The van der Waals surface area contributed by atoms with Gasteiger partial charge in [-0.2, -0.15) is 0 Å². The lowest BCUT2D eigenvalue weighted by Gasteiger charge is -2.18. The first kappa shape index (κ1) is 25.0. The summed E-state index contributed by atoms with van der Waals surface area (Å²) in [6.07, 6.45) is 1.89. The van der Waals surface area contributed by atoms with E-state index < -0.39 is 24.3 Å². The highest BCUT2D eigenvalue weighted by molar-refractivity contribution is 5.81. The van der Waals surface area contributed by atoms with Gasteiger partial charge in [-0.05, 0) is 6.08 Å². The largest absolute Gasteiger partial charge is 0.460 e. The molecule has 0 fully saturated rings. The minimum atomic E-state index is -1.06. The Labute approximate surface area is 159 Å². The second-order valence-electron chi connectivity index (χ2n) is 4.88. The molecule has 0 aromatic carbocycles. The van der Waals surface area contributed by atoms with E-state index in [-0.39, 0.29) is 52.9 Å². The van der Waals surface area contributed by atoms with Crippen LogP contribution in [0.2, 0.25) is 0 Å². The van der Waals surface area contributed by atoms with E-state index in [0.717, 1.165) is 12.2 Å². The van der Waals surface area contributed by atoms with Crippen LogP contribution in [0.15, 0.2) is 38.0 Å². The molecular formula is C18H28O9. The fraction of sp³-hybridized carbons (Fsp3) is 0.556. The average molecular weight is 388 g/mol. The van der Waals surface area contributed by atoms with Gasteiger partial charge >= 0.3 is 11.9 Å². The summed E-state index contributed by atoms with van der Waals surface area (Å²) in [6, 6.07) is 0. The smallest absolute Gasteiger partial charge is 0.330 e. The number of hydrogen-bond acceptors (Lipinski definition) is 9. The molecule has 0 spiro atoms. The Morgan fingerprint density at radius 1 is 0.778 bits per heavy atom. The summed E-state index contributed by atoms with van der Waals surface area (Å²) in [5, 5.41) is 9.21. The Hall–Kier alpha value is -2.04. The highest BCUT2D eigenvalue weighted by atomic mass is 16.6. The summed E-state index contributed by atoms with van der Waals surface area (Å²) < 4.78 is 30.9. The van der Waals surface area contributed by atoms with Crippen molar-refractivity contribution in [2.24, 2.45) is 0 Å². The average Bonchev–Trinajstić information content (AvgIpc) is 2.68. The van der Waals surface area contributed by atoms with E-state index in [2.05, 4.69) is 19.7 Å². The third kappa shape index (κ3) is 15.9. The zero-order valence-corrected chi connectivity index (χ0v) is 15.4. The van der Waals surface area contributed by atoms with Gasteiger partial charge in [-0.15, -0.1) is 0 Å². The normalized spacial score (nSPS) is 11.6. The predicted octanol–water partition coefficient (Wildman–Crippen LogP) is 0.384. The molecule has 9 heteroatoms. The lowest BCUT2D eigenvalue weighted by atomic mass is 10.4. The molecule has 9 nitrogen and oxygen atoms in total. The fourth-order valence-electron chi connectivity index (χ4n) is 1.55. The van der Waals surface area contributed by atoms with Crippen LogP contribution in [0.1, 0.15) is 0 Å². The van der Waals surface area contributed by atoms with E-state index in [0.29, 0.717) is 0 Å². The Kier molecular flexibility index (Phi) is 16.1. The van der Waals surface area contributed by atoms with Crippen LogP contribution < -0.4 is 0 Å². The van der Waals surface area contributed by atoms with Gasteiger partial charge in [0, 0.05) is 12.2 Å². The molecule has 0 aliphatic heterocycles. The highest BCUT2D eigenvalue weighted by Gasteiger charge is 2.11. The second kappa shape index (κ2) is 17.4. The molecule has 0 saturated heterocycles. The maximum Gasteiger partial charge on any atom is 0.330 e. The van der Waals surface area contributed by atoms with E-state index in [1.54, 1.807) is 0 Å². The van der Waals surface area contributed by atoms with Gasteiger partial charge in [-0.1, -0.05) is 19.7 Å². The summed E-state index contributed by atoms with van der Waals surface area (Å²) in [5.41, 5.74) is 0. The number of aliphatic hydroxyl groups excluding tert-OH is 1. The molecule has 0 rings (SSSR count). The second-order valence-corrected chi connectivity index (χ2v) is 4.88. The first-order valence-electron chi connectivity index (χ1n) is 8.31. The van der Waals surface area contributed by atoms with Crippen LogP contribution >= 0.6 is 0 Å². The SMILES string of the molecule is C=CC(=O)OCCOCC(COCCOC(=O)C=C)OCCOC(O)C=C. The van der Waals surface area contributed by atoms with Gasteiger partial charge in [0.25, 0.3) is 0 Å². The Morgan fingerprint density at radius 3 is 1.70 bits per heavy atom. The topological polar surface area (TPSA) is 110 Å². The van der Waals surface area contributed by atoms with Crippen molar-refractivity contribution in [3.05, 3.63) is 38.0 Å². The van der Waals surface area contributed by atoms with Crippen molar-refractivity contribution in [1.82, 2.24) is 0 Å². The highest BCUT2D eigenvalue weighted by Crippen LogP contribution is 1.98. The summed E-state index contributed by atoms with van der Waals surface area (Å²) in [4.78, 5) is 21.8. The maximum atomic E-state index is 10.9. The molecule has 0 bridgehead atoms. The van der Waals surface area contributed by atoms with E-state index in [4.69, 9.17) is 28.4 Å². The van der Waals surface area contributed by atoms with Crippen molar-refractivity contribution in [1.29, 1.82) is 0 Å². The van der Waals surface area contributed by atoms with Gasteiger partial charge < -0.3 is 33.5 Å². The molecule has 1 N–H and O–H groups in total. The van der Waals surface area contributed by atoms with Gasteiger partial charge in [0.15, 0.2) is 6.29 Å². The number of hydrogen-bond donors (Lipinski definition) is 1. The fourth-order valence-corrected chi connectivity index (χ4v) is 1.55. The minimum Gasteiger partial charge on any atom is -0.460 e. The molecule has 0 radical (unpaired) electrons. The Balaban J connectivity index is 4.05. The van der Waals surface area contributed by atoms with E-state index >= 15 is 0 Å². The number of ether oxygens (including phenoxy) is 6. The van der Waals surface area contributed by atoms with Crippen LogP contribution in [-0.2, 0) is 38.0 Å². The zero-order chi connectivity index (χ0) is 20.3. The minimum absolute atomic E-state index is 0.0879. The van der Waals surface area contributed by atoms with Crippen molar-refractivity contribution < 1.29 is 43.1 Å². The standard InChI is InChI=1S/C18H28O9/c1-4-16(19)25-9-7-22-13-15(24-11-12-27-18(21)6-3)14-23-8-10-26-17(20)5-2/h4-6,15,18,21H,1-3,7-14H2. The van der Waals surface area contributed by atoms with Gasteiger partial charge in [0.1, 0.15) is 19.3 Å². The first-order chi connectivity index (χ1) is 13.0. The van der Waals surface area contributed by atoms with Crippen LogP contribution in [0.3, 0.4) is 0 Å². The Morgan fingerprint density at radius 2 is 1.26 bits per heavy atom. The summed E-state index contributed by atoms with van der Waals surface area (Å²) >= 11 is 0. The molecule has 0 heterocycles. The van der Waals surface area contributed by atoms with E-state index in [1.165, 1.54) is 6.08 Å². The number of rotatable bonds is 18. The number of carbonyl (C=O) groups excluding carboxylic acids is 2. The third-order valence-electron chi connectivity index (χ3n) is 2.81. The third-order valence-corrected chi connectivity index (χ3v) is 2.81. The van der Waals surface area contributed by atoms with Crippen molar-refractivity contribution in [3.8, 4) is 0 Å². The van der Waals surface area contributed by atoms with Crippen LogP contribution in [0, 0.1) is 0 Å². The van der Waals surface area contributed by atoms with Gasteiger partial charge in [-0.3, -0.25) is 0 Å². The molecule has 0 amide bonds. The van der Waals surface area contributed by atoms with E-state index in [9.17, 15) is 14.7 Å². The monoisotopic (exact) mass is 388 g/mol. The maximum absolute atomic E-state index is 10.9. The van der Waals surface area contributed by atoms with E-state index in [1.807, 2.05) is 0 Å². The molecule has 0 aliphatic rings. The predicted molar refractivity (Wildman–Crippen MR) is 95.8 cm³/mol. The summed E-state index contributed by atoms with van der Waals surface area (Å²) in [7, 11) is 0. The van der Waals surface area contributed by atoms with Gasteiger partial charge in [-0.25, -0.2) is 9.59 Å². The molecule has 154 valence electrons. The quantitative estimate of drug-likeness (QED) is 0.117. The van der Waals surface area contributed by atoms with Crippen LogP contribution in [0.5, 0.6) is 0 Å². The first-order valence-corrected chi connectivity index (χ1v) is 8.31. The van der Waals surface area contributed by atoms with Crippen molar-refractivity contribution in [3.63, 3.8) is 0 Å². The van der Waals surface area contributed by atoms with Gasteiger partial charge in [0.2, 0.25) is 0 Å². The van der Waals surface area contributed by atoms with Crippen LogP contribution in [0.4, 0.5) is 0 Å². The molecule has 27 heavy (non-hydrogen) atoms. The van der Waals surface area contributed by atoms with Crippen molar-refractivity contribution in [2.45, 2.75) is 12.4 Å². The molecular weight excluding hydrogens is 360 g/mol. The lowest BCUT2D eigenvalue weighted by molar-refractivity contribution is -0.141. The number of carbonyl (C=O) groups is 2. The zero-order valence-electron chi connectivity index (χ0n) is 15.4. The van der Waals surface area contributed by atoms with Crippen molar-refractivity contribution in [2.75, 3.05) is 52.9 Å². The molecule has 0 aromatic heterocycles.